The number of ether oxygens (including phenoxy) is 3. The van der Waals surface area contributed by atoms with Crippen LogP contribution in [-0.2, 0) is 14.3 Å². The minimum atomic E-state index is -0.847. The zero-order valence-corrected chi connectivity index (χ0v) is 18.9. The van der Waals surface area contributed by atoms with Gasteiger partial charge in [-0.25, -0.2) is 14.4 Å². The van der Waals surface area contributed by atoms with Gasteiger partial charge >= 0.3 is 18.0 Å². The van der Waals surface area contributed by atoms with Crippen molar-refractivity contribution in [2.75, 3.05) is 13.7 Å². The summed E-state index contributed by atoms with van der Waals surface area (Å²) >= 11 is 6.40. The van der Waals surface area contributed by atoms with Crippen molar-refractivity contribution in [3.05, 3.63) is 70.2 Å². The number of pyridine rings is 1. The molecule has 0 saturated carbocycles. The van der Waals surface area contributed by atoms with Gasteiger partial charge in [0.05, 0.1) is 30.4 Å². The number of esters is 2. The highest BCUT2D eigenvalue weighted by molar-refractivity contribution is 6.32. The molecule has 0 aliphatic carbocycles. The molecule has 172 valence electrons. The minimum Gasteiger partial charge on any atom is -0.493 e. The fraction of sp³-hybridized carbons (Fsp3) is 0.217. The minimum absolute atomic E-state index is 0.00550. The largest absolute Gasteiger partial charge is 0.493 e. The van der Waals surface area contributed by atoms with Gasteiger partial charge in [0.15, 0.2) is 11.5 Å². The third-order valence-electron chi connectivity index (χ3n) is 4.67. The third-order valence-corrected chi connectivity index (χ3v) is 4.95. The topological polar surface area (TPSA) is 116 Å². The Morgan fingerprint density at radius 1 is 1.24 bits per heavy atom. The normalized spacial score (nSPS) is 15.6. The standard InChI is InChI=1S/C23H22ClN3O6/c1-4-32-22(29)19-13(2)26-23(30)27-20(19)15-11-16(24)21(17(12-15)31-3)33-18(28)6-5-14-7-9-25-10-8-14/h5-12,20H,4H2,1-3H3,(H2,26,27,30)/b6-5+. The van der Waals surface area contributed by atoms with E-state index in [2.05, 4.69) is 15.6 Å². The first-order valence-electron chi connectivity index (χ1n) is 9.96. The predicted octanol–water partition coefficient (Wildman–Crippen LogP) is 3.55. The quantitative estimate of drug-likeness (QED) is 0.360. The summed E-state index contributed by atoms with van der Waals surface area (Å²) in [6.07, 6.45) is 6.02. The van der Waals surface area contributed by atoms with Crippen molar-refractivity contribution in [2.24, 2.45) is 0 Å². The Balaban J connectivity index is 1.91. The number of aromatic nitrogens is 1. The number of nitrogens with one attached hydrogen (secondary N) is 2. The highest BCUT2D eigenvalue weighted by Gasteiger charge is 2.33. The van der Waals surface area contributed by atoms with Gasteiger partial charge in [-0.15, -0.1) is 0 Å². The van der Waals surface area contributed by atoms with E-state index in [1.165, 1.54) is 25.3 Å². The molecule has 10 heteroatoms. The fourth-order valence-electron chi connectivity index (χ4n) is 3.20. The molecule has 0 saturated heterocycles. The van der Waals surface area contributed by atoms with Crippen molar-refractivity contribution in [1.82, 2.24) is 15.6 Å². The highest BCUT2D eigenvalue weighted by atomic mass is 35.5. The Bertz CT molecular complexity index is 1130. The van der Waals surface area contributed by atoms with Crippen LogP contribution in [0.2, 0.25) is 5.02 Å². The van der Waals surface area contributed by atoms with Crippen molar-refractivity contribution in [1.29, 1.82) is 0 Å². The smallest absolute Gasteiger partial charge is 0.338 e. The number of halogens is 1. The Hall–Kier alpha value is -3.85. The molecule has 1 aromatic heterocycles. The number of carbonyl (C=O) groups is 3. The number of benzene rings is 1. The van der Waals surface area contributed by atoms with Crippen LogP contribution in [0.25, 0.3) is 6.08 Å². The summed E-state index contributed by atoms with van der Waals surface area (Å²) in [5, 5.41) is 5.30. The number of hydrogen-bond acceptors (Lipinski definition) is 7. The number of amides is 2. The first-order valence-corrected chi connectivity index (χ1v) is 10.3. The van der Waals surface area contributed by atoms with E-state index in [1.54, 1.807) is 44.4 Å². The Kier molecular flexibility index (Phi) is 7.68. The first kappa shape index (κ1) is 23.8. The maximum absolute atomic E-state index is 12.5. The monoisotopic (exact) mass is 471 g/mol. The average molecular weight is 472 g/mol. The van der Waals surface area contributed by atoms with Gasteiger partial charge in [0.2, 0.25) is 0 Å². The van der Waals surface area contributed by atoms with Gasteiger partial charge in [0, 0.05) is 24.2 Å². The van der Waals surface area contributed by atoms with Crippen molar-refractivity contribution >= 4 is 35.6 Å². The van der Waals surface area contributed by atoms with Crippen LogP contribution >= 0.6 is 11.6 Å². The van der Waals surface area contributed by atoms with Crippen LogP contribution in [0, 0.1) is 0 Å². The second-order valence-electron chi connectivity index (χ2n) is 6.86. The van der Waals surface area contributed by atoms with E-state index >= 15 is 0 Å². The summed E-state index contributed by atoms with van der Waals surface area (Å²) in [6.45, 7) is 3.45. The molecule has 2 aromatic rings. The molecule has 0 fully saturated rings. The van der Waals surface area contributed by atoms with Crippen molar-refractivity contribution in [2.45, 2.75) is 19.9 Å². The Morgan fingerprint density at radius 3 is 2.64 bits per heavy atom. The lowest BCUT2D eigenvalue weighted by Gasteiger charge is -2.28. The molecule has 2 N–H and O–H groups in total. The Morgan fingerprint density at radius 2 is 1.97 bits per heavy atom. The second kappa shape index (κ2) is 10.6. The maximum Gasteiger partial charge on any atom is 0.338 e. The molecule has 2 amide bonds. The highest BCUT2D eigenvalue weighted by Crippen LogP contribution is 2.40. The molecule has 1 unspecified atom stereocenters. The fourth-order valence-corrected chi connectivity index (χ4v) is 3.46. The molecule has 1 atom stereocenters. The summed E-state index contributed by atoms with van der Waals surface area (Å²) in [5.41, 5.74) is 1.79. The van der Waals surface area contributed by atoms with Gasteiger partial charge < -0.3 is 24.8 Å². The van der Waals surface area contributed by atoms with Gasteiger partial charge in [-0.05, 0) is 55.3 Å². The number of nitrogens with zero attached hydrogens (tertiary/aromatic N) is 1. The molecular formula is C23H22ClN3O6. The van der Waals surface area contributed by atoms with E-state index in [-0.39, 0.29) is 28.7 Å². The van der Waals surface area contributed by atoms with E-state index in [9.17, 15) is 14.4 Å². The molecular weight excluding hydrogens is 450 g/mol. The van der Waals surface area contributed by atoms with E-state index in [0.29, 0.717) is 11.3 Å². The lowest BCUT2D eigenvalue weighted by molar-refractivity contribution is -0.139. The molecule has 1 aliphatic rings. The molecule has 0 spiro atoms. The van der Waals surface area contributed by atoms with Crippen LogP contribution in [0.5, 0.6) is 11.5 Å². The number of methoxy groups -OCH3 is 1. The van der Waals surface area contributed by atoms with Gasteiger partial charge in [0.25, 0.3) is 0 Å². The Labute approximate surface area is 195 Å². The van der Waals surface area contributed by atoms with Crippen LogP contribution in [0.1, 0.15) is 31.0 Å². The number of rotatable bonds is 7. The maximum atomic E-state index is 12.5. The molecule has 0 radical (unpaired) electrons. The number of allylic oxidation sites excluding steroid dienone is 1. The summed E-state index contributed by atoms with van der Waals surface area (Å²) < 4.78 is 15.9. The second-order valence-corrected chi connectivity index (χ2v) is 7.27. The average Bonchev–Trinajstić information content (AvgIpc) is 2.79. The first-order chi connectivity index (χ1) is 15.8. The van der Waals surface area contributed by atoms with Crippen LogP contribution in [0.15, 0.2) is 54.0 Å². The zero-order valence-electron chi connectivity index (χ0n) is 18.2. The zero-order chi connectivity index (χ0) is 24.0. The van der Waals surface area contributed by atoms with Gasteiger partial charge in [0.1, 0.15) is 0 Å². The SMILES string of the molecule is CCOC(=O)C1=C(C)NC(=O)NC1c1cc(Cl)c(OC(=O)/C=C/c2ccncc2)c(OC)c1. The summed E-state index contributed by atoms with van der Waals surface area (Å²) in [4.78, 5) is 40.8. The molecule has 1 aromatic carbocycles. The van der Waals surface area contributed by atoms with Crippen molar-refractivity contribution < 1.29 is 28.6 Å². The van der Waals surface area contributed by atoms with Crippen LogP contribution in [-0.4, -0.2) is 36.7 Å². The number of hydrogen-bond donors (Lipinski definition) is 2. The lowest BCUT2D eigenvalue weighted by atomic mass is 9.95. The molecule has 9 nitrogen and oxygen atoms in total. The van der Waals surface area contributed by atoms with E-state index < -0.39 is 24.0 Å². The van der Waals surface area contributed by atoms with Crippen LogP contribution in [0.4, 0.5) is 4.79 Å². The third kappa shape index (κ3) is 5.69. The molecule has 2 heterocycles. The summed E-state index contributed by atoms with van der Waals surface area (Å²) in [7, 11) is 1.38. The van der Waals surface area contributed by atoms with Gasteiger partial charge in [-0.2, -0.15) is 0 Å². The molecule has 0 bridgehead atoms. The lowest BCUT2D eigenvalue weighted by Crippen LogP contribution is -2.45. The summed E-state index contributed by atoms with van der Waals surface area (Å²) in [5.74, 6) is -1.10. The predicted molar refractivity (Wildman–Crippen MR) is 121 cm³/mol. The van der Waals surface area contributed by atoms with E-state index in [4.69, 9.17) is 25.8 Å². The molecule has 1 aliphatic heterocycles. The number of urea groups is 1. The molecule has 3 rings (SSSR count). The molecule has 33 heavy (non-hydrogen) atoms. The van der Waals surface area contributed by atoms with Crippen LogP contribution < -0.4 is 20.1 Å². The van der Waals surface area contributed by atoms with E-state index in [0.717, 1.165) is 5.56 Å². The van der Waals surface area contributed by atoms with Crippen molar-refractivity contribution in [3.63, 3.8) is 0 Å². The number of carbonyl (C=O) groups excluding carboxylic acids is 3. The van der Waals surface area contributed by atoms with Gasteiger partial charge in [-0.1, -0.05) is 11.6 Å². The summed E-state index contributed by atoms with van der Waals surface area (Å²) in [6, 6.07) is 5.15. The van der Waals surface area contributed by atoms with Crippen LogP contribution in [0.3, 0.4) is 0 Å². The van der Waals surface area contributed by atoms with E-state index in [1.807, 2.05) is 0 Å². The van der Waals surface area contributed by atoms with Crippen molar-refractivity contribution in [3.8, 4) is 11.5 Å². The van der Waals surface area contributed by atoms with Gasteiger partial charge in [-0.3, -0.25) is 4.98 Å².